The highest BCUT2D eigenvalue weighted by molar-refractivity contribution is 14.0. The summed E-state index contributed by atoms with van der Waals surface area (Å²) < 4.78 is 40.8. The monoisotopic (exact) mass is 502 g/mol. The third kappa shape index (κ3) is 12.9. The fraction of sp³-hybridized carbons (Fsp3) is 0.611. The van der Waals surface area contributed by atoms with Gasteiger partial charge in [-0.05, 0) is 31.6 Å². The molecule has 27 heavy (non-hydrogen) atoms. The Kier molecular flexibility index (Phi) is 13.4. The minimum Gasteiger partial charge on any atom is -0.367 e. The van der Waals surface area contributed by atoms with E-state index in [9.17, 15) is 13.2 Å². The van der Waals surface area contributed by atoms with Crippen molar-refractivity contribution in [3.8, 4) is 0 Å². The van der Waals surface area contributed by atoms with Crippen LogP contribution >= 0.6 is 24.0 Å². The van der Waals surface area contributed by atoms with Crippen LogP contribution in [0, 0.1) is 0 Å². The highest BCUT2D eigenvalue weighted by Gasteiger charge is 2.27. The van der Waals surface area contributed by atoms with Gasteiger partial charge < -0.3 is 20.3 Å². The fourth-order valence-electron chi connectivity index (χ4n) is 2.06. The van der Waals surface area contributed by atoms with Crippen LogP contribution in [0.2, 0.25) is 0 Å². The van der Waals surface area contributed by atoms with E-state index in [1.807, 2.05) is 19.1 Å². The van der Waals surface area contributed by atoms with Crippen LogP contribution in [-0.4, -0.2) is 56.9 Å². The van der Waals surface area contributed by atoms with E-state index in [4.69, 9.17) is 0 Å². The standard InChI is InChI=1S/C18H29F3N4O.HI/c1-4-22-17(23-10-11-25(3)5-2)24-12-15-6-8-16(9-7-15)13-26-14-18(19,20)21;/h6-9H,4-5,10-14H2,1-3H3,(H2,22,23,24);1H. The molecule has 9 heteroatoms. The minimum atomic E-state index is -4.30. The van der Waals surface area contributed by atoms with Gasteiger partial charge in [0.15, 0.2) is 5.96 Å². The van der Waals surface area contributed by atoms with Gasteiger partial charge in [0, 0.05) is 19.6 Å². The molecule has 0 atom stereocenters. The Labute approximate surface area is 176 Å². The third-order valence-corrected chi connectivity index (χ3v) is 3.65. The summed E-state index contributed by atoms with van der Waals surface area (Å²) in [6.45, 7) is 6.80. The molecule has 0 amide bonds. The first-order valence-electron chi connectivity index (χ1n) is 8.77. The maximum atomic E-state index is 12.1. The maximum Gasteiger partial charge on any atom is 0.411 e. The summed E-state index contributed by atoms with van der Waals surface area (Å²) in [6.07, 6.45) is -4.30. The Bertz CT molecular complexity index is 538. The van der Waals surface area contributed by atoms with Crippen LogP contribution in [0.25, 0.3) is 0 Å². The zero-order valence-electron chi connectivity index (χ0n) is 16.1. The van der Waals surface area contributed by atoms with Crippen molar-refractivity contribution in [3.05, 3.63) is 35.4 Å². The SMILES string of the molecule is CCNC(=NCc1ccc(COCC(F)(F)F)cc1)NCCN(C)CC.I. The van der Waals surface area contributed by atoms with Gasteiger partial charge in [-0.3, -0.25) is 0 Å². The predicted molar refractivity (Wildman–Crippen MR) is 114 cm³/mol. The van der Waals surface area contributed by atoms with E-state index < -0.39 is 12.8 Å². The lowest BCUT2D eigenvalue weighted by atomic mass is 10.1. The molecule has 0 saturated carbocycles. The zero-order chi connectivity index (χ0) is 19.4. The van der Waals surface area contributed by atoms with E-state index in [-0.39, 0.29) is 30.6 Å². The van der Waals surface area contributed by atoms with Gasteiger partial charge in [0.25, 0.3) is 0 Å². The molecular formula is C18H30F3IN4O. The number of hydrogen-bond acceptors (Lipinski definition) is 3. The van der Waals surface area contributed by atoms with Crippen molar-refractivity contribution in [2.75, 3.05) is 39.8 Å². The first-order valence-corrected chi connectivity index (χ1v) is 8.77. The average molecular weight is 502 g/mol. The van der Waals surface area contributed by atoms with E-state index in [0.29, 0.717) is 12.1 Å². The van der Waals surface area contributed by atoms with Gasteiger partial charge >= 0.3 is 6.18 Å². The van der Waals surface area contributed by atoms with Gasteiger partial charge in [0.05, 0.1) is 13.2 Å². The van der Waals surface area contributed by atoms with E-state index in [2.05, 4.69) is 39.2 Å². The Balaban J connectivity index is 0.00000676. The molecule has 0 aromatic heterocycles. The van der Waals surface area contributed by atoms with Crippen LogP contribution in [0.4, 0.5) is 13.2 Å². The molecule has 1 rings (SSSR count). The van der Waals surface area contributed by atoms with Crippen LogP contribution in [0.15, 0.2) is 29.3 Å². The first-order chi connectivity index (χ1) is 12.3. The molecule has 5 nitrogen and oxygen atoms in total. The number of ether oxygens (including phenoxy) is 1. The van der Waals surface area contributed by atoms with Gasteiger partial charge in [0.1, 0.15) is 6.61 Å². The fourth-order valence-corrected chi connectivity index (χ4v) is 2.06. The summed E-state index contributed by atoms with van der Waals surface area (Å²) in [7, 11) is 2.06. The first kappa shape index (κ1) is 25.9. The number of halogens is 4. The Morgan fingerprint density at radius 1 is 1.11 bits per heavy atom. The Morgan fingerprint density at radius 2 is 1.74 bits per heavy atom. The molecule has 1 aromatic carbocycles. The second-order valence-electron chi connectivity index (χ2n) is 5.94. The molecule has 156 valence electrons. The Hall–Kier alpha value is -1.07. The van der Waals surface area contributed by atoms with E-state index in [0.717, 1.165) is 37.7 Å². The molecule has 0 saturated heterocycles. The second-order valence-corrected chi connectivity index (χ2v) is 5.94. The lowest BCUT2D eigenvalue weighted by molar-refractivity contribution is -0.176. The third-order valence-electron chi connectivity index (χ3n) is 3.65. The van der Waals surface area contributed by atoms with Crippen LogP contribution in [0.1, 0.15) is 25.0 Å². The second kappa shape index (κ2) is 14.0. The lowest BCUT2D eigenvalue weighted by Crippen LogP contribution is -2.40. The van der Waals surface area contributed by atoms with Crippen molar-refractivity contribution in [2.45, 2.75) is 33.2 Å². The molecule has 1 aromatic rings. The van der Waals surface area contributed by atoms with Crippen LogP contribution < -0.4 is 10.6 Å². The molecule has 0 spiro atoms. The molecular weight excluding hydrogens is 472 g/mol. The summed E-state index contributed by atoms with van der Waals surface area (Å²) in [5, 5.41) is 6.47. The molecule has 0 aliphatic carbocycles. The van der Waals surface area contributed by atoms with Gasteiger partial charge in [0.2, 0.25) is 0 Å². The summed E-state index contributed by atoms with van der Waals surface area (Å²) in [6, 6.07) is 7.23. The predicted octanol–water partition coefficient (Wildman–Crippen LogP) is 3.39. The maximum absolute atomic E-state index is 12.1. The zero-order valence-corrected chi connectivity index (χ0v) is 18.4. The van der Waals surface area contributed by atoms with Crippen molar-refractivity contribution in [3.63, 3.8) is 0 Å². The molecule has 0 aliphatic rings. The quantitative estimate of drug-likeness (QED) is 0.293. The number of nitrogens with zero attached hydrogens (tertiary/aromatic N) is 2. The molecule has 0 heterocycles. The number of guanidine groups is 1. The molecule has 0 fully saturated rings. The number of alkyl halides is 3. The van der Waals surface area contributed by atoms with Crippen molar-refractivity contribution in [2.24, 2.45) is 4.99 Å². The average Bonchev–Trinajstić information content (AvgIpc) is 2.59. The van der Waals surface area contributed by atoms with Crippen molar-refractivity contribution in [1.29, 1.82) is 0 Å². The molecule has 0 bridgehead atoms. The van der Waals surface area contributed by atoms with Gasteiger partial charge in [-0.1, -0.05) is 31.2 Å². The minimum absolute atomic E-state index is 0. The number of hydrogen-bond donors (Lipinski definition) is 2. The van der Waals surface area contributed by atoms with E-state index in [1.54, 1.807) is 12.1 Å². The van der Waals surface area contributed by atoms with Crippen molar-refractivity contribution >= 4 is 29.9 Å². The van der Waals surface area contributed by atoms with Crippen LogP contribution in [0.3, 0.4) is 0 Å². The van der Waals surface area contributed by atoms with Crippen LogP contribution in [-0.2, 0) is 17.9 Å². The molecule has 0 radical (unpaired) electrons. The lowest BCUT2D eigenvalue weighted by Gasteiger charge is -2.16. The highest BCUT2D eigenvalue weighted by Crippen LogP contribution is 2.16. The largest absolute Gasteiger partial charge is 0.411 e. The summed E-state index contributed by atoms with van der Waals surface area (Å²) >= 11 is 0. The number of rotatable bonds is 10. The summed E-state index contributed by atoms with van der Waals surface area (Å²) in [5.41, 5.74) is 1.68. The molecule has 2 N–H and O–H groups in total. The van der Waals surface area contributed by atoms with E-state index >= 15 is 0 Å². The van der Waals surface area contributed by atoms with Gasteiger partial charge in [-0.25, -0.2) is 4.99 Å². The summed E-state index contributed by atoms with van der Waals surface area (Å²) in [4.78, 5) is 6.73. The van der Waals surface area contributed by atoms with Crippen molar-refractivity contribution in [1.82, 2.24) is 15.5 Å². The van der Waals surface area contributed by atoms with Gasteiger partial charge in [-0.2, -0.15) is 13.2 Å². The number of nitrogens with one attached hydrogen (secondary N) is 2. The number of aliphatic imine (C=N–C) groups is 1. The number of likely N-dealkylation sites (N-methyl/N-ethyl adjacent to an activating group) is 1. The van der Waals surface area contributed by atoms with E-state index in [1.165, 1.54) is 0 Å². The highest BCUT2D eigenvalue weighted by atomic mass is 127. The van der Waals surface area contributed by atoms with Crippen molar-refractivity contribution < 1.29 is 17.9 Å². The summed E-state index contributed by atoms with van der Waals surface area (Å²) in [5.74, 6) is 0.745. The molecule has 0 aliphatic heterocycles. The molecule has 0 unspecified atom stereocenters. The van der Waals surface area contributed by atoms with Gasteiger partial charge in [-0.15, -0.1) is 24.0 Å². The number of benzene rings is 1. The smallest absolute Gasteiger partial charge is 0.367 e. The Morgan fingerprint density at radius 3 is 2.30 bits per heavy atom. The topological polar surface area (TPSA) is 48.9 Å². The normalized spacial score (nSPS) is 12.0. The van der Waals surface area contributed by atoms with Crippen LogP contribution in [0.5, 0.6) is 0 Å².